The van der Waals surface area contributed by atoms with E-state index in [4.69, 9.17) is 4.74 Å². The van der Waals surface area contributed by atoms with Gasteiger partial charge in [0.05, 0.1) is 12.2 Å². The van der Waals surface area contributed by atoms with Gasteiger partial charge in [-0.25, -0.2) is 0 Å². The molecule has 104 valence electrons. The summed E-state index contributed by atoms with van der Waals surface area (Å²) in [5.41, 5.74) is 1.99. The molecule has 0 atom stereocenters. The maximum atomic E-state index is 10.4. The fraction of sp³-hybridized carbons (Fsp3) is 0.533. The van der Waals surface area contributed by atoms with Crippen molar-refractivity contribution in [3.8, 4) is 0 Å². The highest BCUT2D eigenvalue weighted by Crippen LogP contribution is 2.29. The van der Waals surface area contributed by atoms with Crippen LogP contribution in [0.1, 0.15) is 26.7 Å². The number of ether oxygens (including phenoxy) is 1. The minimum Gasteiger partial charge on any atom is -0.371 e. The van der Waals surface area contributed by atoms with Crippen LogP contribution in [-0.2, 0) is 9.53 Å². The number of benzene rings is 1. The van der Waals surface area contributed by atoms with Crippen molar-refractivity contribution in [2.75, 3.05) is 29.9 Å². The van der Waals surface area contributed by atoms with Crippen LogP contribution < -0.4 is 10.2 Å². The molecule has 1 N–H and O–H groups in total. The van der Waals surface area contributed by atoms with Crippen LogP contribution in [0.2, 0.25) is 0 Å². The van der Waals surface area contributed by atoms with Gasteiger partial charge < -0.3 is 15.0 Å². The maximum Gasteiger partial charge on any atom is 0.211 e. The van der Waals surface area contributed by atoms with Gasteiger partial charge in [-0.15, -0.1) is 0 Å². The molecule has 0 saturated carbocycles. The molecule has 1 saturated heterocycles. The van der Waals surface area contributed by atoms with E-state index < -0.39 is 0 Å². The molecule has 4 heteroatoms. The predicted octanol–water partition coefficient (Wildman–Crippen LogP) is 2.65. The van der Waals surface area contributed by atoms with Crippen molar-refractivity contribution in [2.24, 2.45) is 0 Å². The van der Waals surface area contributed by atoms with Crippen LogP contribution in [0, 0.1) is 0 Å². The zero-order valence-corrected chi connectivity index (χ0v) is 11.7. The number of hydrogen-bond donors (Lipinski definition) is 1. The zero-order valence-electron chi connectivity index (χ0n) is 11.7. The number of nitrogens with zero attached hydrogens (tertiary/aromatic N) is 1. The summed E-state index contributed by atoms with van der Waals surface area (Å²) in [6, 6.07) is 7.96. The quantitative estimate of drug-likeness (QED) is 0.829. The van der Waals surface area contributed by atoms with E-state index >= 15 is 0 Å². The first-order valence-corrected chi connectivity index (χ1v) is 6.92. The van der Waals surface area contributed by atoms with Crippen LogP contribution in [0.3, 0.4) is 0 Å². The lowest BCUT2D eigenvalue weighted by Gasteiger charge is -2.43. The highest BCUT2D eigenvalue weighted by molar-refractivity contribution is 5.72. The summed E-state index contributed by atoms with van der Waals surface area (Å²) >= 11 is 0. The first kappa shape index (κ1) is 13.9. The van der Waals surface area contributed by atoms with Gasteiger partial charge in [-0.05, 0) is 37.1 Å². The van der Waals surface area contributed by atoms with Crippen molar-refractivity contribution in [1.82, 2.24) is 0 Å². The average molecular weight is 262 g/mol. The van der Waals surface area contributed by atoms with Crippen LogP contribution in [0.4, 0.5) is 11.4 Å². The highest BCUT2D eigenvalue weighted by Gasteiger charge is 2.33. The number of carbonyl (C=O) groups excluding carboxylic acids is 1. The van der Waals surface area contributed by atoms with Crippen molar-refractivity contribution in [2.45, 2.75) is 32.3 Å². The zero-order chi connectivity index (χ0) is 13.7. The van der Waals surface area contributed by atoms with Crippen LogP contribution in [0.15, 0.2) is 24.3 Å². The molecule has 0 spiro atoms. The van der Waals surface area contributed by atoms with Gasteiger partial charge in [0.25, 0.3) is 0 Å². The number of amides is 1. The van der Waals surface area contributed by atoms with Gasteiger partial charge in [-0.1, -0.05) is 13.8 Å². The molecule has 19 heavy (non-hydrogen) atoms. The van der Waals surface area contributed by atoms with E-state index in [1.807, 2.05) is 24.3 Å². The summed E-state index contributed by atoms with van der Waals surface area (Å²) in [4.78, 5) is 12.7. The standard InChI is InChI=1S/C15H22N2O2/c1-3-15(4-2)11-17(9-10-19-15)14-7-5-13(6-8-14)16-12-18/h5-8,12H,3-4,9-11H2,1-2H3,(H,16,18). The molecule has 1 amide bonds. The highest BCUT2D eigenvalue weighted by atomic mass is 16.5. The Balaban J connectivity index is 2.10. The normalized spacial score (nSPS) is 18.1. The second-order valence-corrected chi connectivity index (χ2v) is 4.97. The molecule has 4 nitrogen and oxygen atoms in total. The summed E-state index contributed by atoms with van der Waals surface area (Å²) < 4.78 is 5.98. The topological polar surface area (TPSA) is 41.6 Å². The molecule has 0 radical (unpaired) electrons. The number of rotatable bonds is 5. The fourth-order valence-electron chi connectivity index (χ4n) is 2.58. The molecule has 1 heterocycles. The molecule has 2 rings (SSSR count). The van der Waals surface area contributed by atoms with E-state index in [1.54, 1.807) is 0 Å². The summed E-state index contributed by atoms with van der Waals surface area (Å²) in [6.45, 7) is 6.99. The van der Waals surface area contributed by atoms with Crippen LogP contribution >= 0.6 is 0 Å². The molecule has 0 bridgehead atoms. The monoisotopic (exact) mass is 262 g/mol. The number of anilines is 2. The number of carbonyl (C=O) groups is 1. The van der Waals surface area contributed by atoms with Gasteiger partial charge in [0.1, 0.15) is 0 Å². The summed E-state index contributed by atoms with van der Waals surface area (Å²) in [5.74, 6) is 0. The third-order valence-electron chi connectivity index (χ3n) is 4.00. The van der Waals surface area contributed by atoms with E-state index in [2.05, 4.69) is 24.1 Å². The Bertz CT molecular complexity index is 413. The van der Waals surface area contributed by atoms with Crippen LogP contribution in [-0.4, -0.2) is 31.7 Å². The predicted molar refractivity (Wildman–Crippen MR) is 77.6 cm³/mol. The summed E-state index contributed by atoms with van der Waals surface area (Å²) in [7, 11) is 0. The number of nitrogens with one attached hydrogen (secondary N) is 1. The molecule has 0 aromatic heterocycles. The van der Waals surface area contributed by atoms with E-state index in [1.165, 1.54) is 5.69 Å². The van der Waals surface area contributed by atoms with Gasteiger partial charge in [0.15, 0.2) is 0 Å². The molecule has 1 aliphatic heterocycles. The molecule has 0 unspecified atom stereocenters. The Labute approximate surface area is 114 Å². The lowest BCUT2D eigenvalue weighted by atomic mass is 9.94. The van der Waals surface area contributed by atoms with Gasteiger partial charge in [-0.3, -0.25) is 4.79 Å². The van der Waals surface area contributed by atoms with Crippen molar-refractivity contribution < 1.29 is 9.53 Å². The molecular formula is C15H22N2O2. The molecule has 1 aliphatic rings. The lowest BCUT2D eigenvalue weighted by Crippen LogP contribution is -2.51. The largest absolute Gasteiger partial charge is 0.371 e. The molecule has 1 aromatic rings. The average Bonchev–Trinajstić information content (AvgIpc) is 2.48. The summed E-state index contributed by atoms with van der Waals surface area (Å²) in [6.07, 6.45) is 2.76. The minimum absolute atomic E-state index is 0.0159. The lowest BCUT2D eigenvalue weighted by molar-refractivity contribution is -0.105. The fourth-order valence-corrected chi connectivity index (χ4v) is 2.58. The third-order valence-corrected chi connectivity index (χ3v) is 4.00. The first-order valence-electron chi connectivity index (χ1n) is 6.92. The van der Waals surface area contributed by atoms with Gasteiger partial charge in [0, 0.05) is 24.5 Å². The Morgan fingerprint density at radius 2 is 2.00 bits per heavy atom. The van der Waals surface area contributed by atoms with Crippen molar-refractivity contribution in [3.05, 3.63) is 24.3 Å². The maximum absolute atomic E-state index is 10.4. The molecule has 1 fully saturated rings. The summed E-state index contributed by atoms with van der Waals surface area (Å²) in [5, 5.41) is 2.65. The van der Waals surface area contributed by atoms with E-state index in [0.29, 0.717) is 6.41 Å². The Kier molecular flexibility index (Phi) is 4.43. The Morgan fingerprint density at radius 1 is 1.32 bits per heavy atom. The van der Waals surface area contributed by atoms with Gasteiger partial charge in [0.2, 0.25) is 6.41 Å². The molecular weight excluding hydrogens is 240 g/mol. The Morgan fingerprint density at radius 3 is 2.58 bits per heavy atom. The smallest absolute Gasteiger partial charge is 0.211 e. The third kappa shape index (κ3) is 3.07. The Hall–Kier alpha value is -1.55. The first-order chi connectivity index (χ1) is 9.23. The van der Waals surface area contributed by atoms with Crippen molar-refractivity contribution in [1.29, 1.82) is 0 Å². The van der Waals surface area contributed by atoms with Crippen molar-refractivity contribution >= 4 is 17.8 Å². The second kappa shape index (κ2) is 6.06. The number of hydrogen-bond acceptors (Lipinski definition) is 3. The van der Waals surface area contributed by atoms with Crippen molar-refractivity contribution in [3.63, 3.8) is 0 Å². The second-order valence-electron chi connectivity index (χ2n) is 4.97. The molecule has 0 aliphatic carbocycles. The SMILES string of the molecule is CCC1(CC)CN(c2ccc(NC=O)cc2)CCO1. The van der Waals surface area contributed by atoms with Crippen LogP contribution in [0.25, 0.3) is 0 Å². The van der Waals surface area contributed by atoms with Crippen LogP contribution in [0.5, 0.6) is 0 Å². The number of morpholine rings is 1. The van der Waals surface area contributed by atoms with E-state index in [-0.39, 0.29) is 5.60 Å². The molecule has 1 aromatic carbocycles. The van der Waals surface area contributed by atoms with E-state index in [9.17, 15) is 4.79 Å². The van der Waals surface area contributed by atoms with Gasteiger partial charge >= 0.3 is 0 Å². The minimum atomic E-state index is -0.0159. The van der Waals surface area contributed by atoms with Gasteiger partial charge in [-0.2, -0.15) is 0 Å². The van der Waals surface area contributed by atoms with E-state index in [0.717, 1.165) is 38.2 Å².